The van der Waals surface area contributed by atoms with E-state index in [0.29, 0.717) is 0 Å². The molecular weight excluding hydrogens is 478 g/mol. The number of halogens is 5. The Kier molecular flexibility index (Phi) is 7.29. The Bertz CT molecular complexity index is 1110. The van der Waals surface area contributed by atoms with Crippen LogP contribution >= 0.6 is 23.2 Å². The fourth-order valence-electron chi connectivity index (χ4n) is 2.58. The van der Waals surface area contributed by atoms with Crippen molar-refractivity contribution >= 4 is 41.3 Å². The number of nitrogens with zero attached hydrogens (tertiary/aromatic N) is 5. The number of aliphatic hydroxyl groups is 1. The zero-order valence-electron chi connectivity index (χ0n) is 17.0. The molecule has 1 aromatic heterocycles. The van der Waals surface area contributed by atoms with Crippen LogP contribution in [0.5, 0.6) is 5.75 Å². The molecule has 0 saturated carbocycles. The van der Waals surface area contributed by atoms with Gasteiger partial charge in [0.2, 0.25) is 0 Å². The molecule has 1 heterocycles. The lowest BCUT2D eigenvalue weighted by Crippen LogP contribution is -2.34. The third-order valence-electron chi connectivity index (χ3n) is 3.93. The molecule has 0 aliphatic heterocycles. The molecule has 0 bridgehead atoms. The minimum Gasteiger partial charge on any atom is -0.467 e. The Morgan fingerprint density at radius 3 is 2.47 bits per heavy atom. The number of carbonyl (C=O) groups excluding carboxylic acids is 1. The Labute approximate surface area is 190 Å². The highest BCUT2D eigenvalue weighted by molar-refractivity contribution is 6.44. The molecule has 0 amide bonds. The van der Waals surface area contributed by atoms with Crippen LogP contribution in [0.2, 0.25) is 10.0 Å². The number of esters is 1. The molecule has 0 spiro atoms. The van der Waals surface area contributed by atoms with Crippen LogP contribution in [0.3, 0.4) is 0 Å². The molecule has 1 aromatic carbocycles. The number of methoxy groups -OCH3 is 1. The maximum absolute atomic E-state index is 12.6. The van der Waals surface area contributed by atoms with Crippen LogP contribution in [0, 0.1) is 11.3 Å². The third-order valence-corrected chi connectivity index (χ3v) is 4.78. The lowest BCUT2D eigenvalue weighted by Gasteiger charge is -2.20. The minimum atomic E-state index is -5.01. The summed E-state index contributed by atoms with van der Waals surface area (Å²) in [6.07, 6.45) is -3.73. The van der Waals surface area contributed by atoms with E-state index in [-0.39, 0.29) is 17.1 Å². The van der Waals surface area contributed by atoms with Crippen LogP contribution in [-0.2, 0) is 15.1 Å². The van der Waals surface area contributed by atoms with E-state index in [0.717, 1.165) is 30.8 Å². The molecule has 1 unspecified atom stereocenters. The predicted molar refractivity (Wildman–Crippen MR) is 108 cm³/mol. The molecule has 0 radical (unpaired) electrons. The summed E-state index contributed by atoms with van der Waals surface area (Å²) < 4.78 is 47.1. The Morgan fingerprint density at radius 1 is 1.34 bits per heavy atom. The third kappa shape index (κ3) is 5.07. The SMILES string of the molecule is COC(=O)C(C)(O)c1c(C#N)nn(-c2ccc(OC(F)(F)F)c(Cl)c2Cl)c1/N=C/N(C)C. The first-order chi connectivity index (χ1) is 14.7. The van der Waals surface area contributed by atoms with E-state index in [1.54, 1.807) is 20.2 Å². The van der Waals surface area contributed by atoms with Gasteiger partial charge in [-0.2, -0.15) is 10.4 Å². The average Bonchev–Trinajstić information content (AvgIpc) is 3.07. The molecule has 172 valence electrons. The van der Waals surface area contributed by atoms with E-state index in [1.807, 2.05) is 0 Å². The predicted octanol–water partition coefficient (Wildman–Crippen LogP) is 3.55. The molecule has 2 rings (SSSR count). The summed E-state index contributed by atoms with van der Waals surface area (Å²) in [6.45, 7) is 1.07. The van der Waals surface area contributed by atoms with Gasteiger partial charge in [-0.3, -0.25) is 0 Å². The lowest BCUT2D eigenvalue weighted by atomic mass is 9.95. The van der Waals surface area contributed by atoms with E-state index in [9.17, 15) is 28.3 Å². The monoisotopic (exact) mass is 493 g/mol. The number of aliphatic imine (C=N–C) groups is 1. The summed E-state index contributed by atoms with van der Waals surface area (Å²) in [5, 5.41) is 23.4. The van der Waals surface area contributed by atoms with E-state index >= 15 is 0 Å². The molecule has 1 atom stereocenters. The van der Waals surface area contributed by atoms with Crippen molar-refractivity contribution in [1.82, 2.24) is 14.7 Å². The largest absolute Gasteiger partial charge is 0.573 e. The number of ether oxygens (including phenoxy) is 2. The van der Waals surface area contributed by atoms with Gasteiger partial charge in [-0.05, 0) is 19.1 Å². The first kappa shape index (κ1) is 25.3. The molecule has 0 aliphatic carbocycles. The molecule has 9 nitrogen and oxygen atoms in total. The highest BCUT2D eigenvalue weighted by Crippen LogP contribution is 2.42. The van der Waals surface area contributed by atoms with Gasteiger partial charge >= 0.3 is 12.3 Å². The van der Waals surface area contributed by atoms with Crippen LogP contribution in [0.4, 0.5) is 19.0 Å². The number of benzene rings is 1. The van der Waals surface area contributed by atoms with E-state index in [4.69, 9.17) is 23.2 Å². The highest BCUT2D eigenvalue weighted by atomic mass is 35.5. The average molecular weight is 494 g/mol. The van der Waals surface area contributed by atoms with Crippen LogP contribution in [0.25, 0.3) is 5.69 Å². The number of alkyl halides is 3. The Morgan fingerprint density at radius 2 is 1.97 bits per heavy atom. The van der Waals surface area contributed by atoms with Crippen molar-refractivity contribution < 1.29 is 32.5 Å². The van der Waals surface area contributed by atoms with Gasteiger partial charge in [-0.1, -0.05) is 23.2 Å². The minimum absolute atomic E-state index is 0.0967. The Hall–Kier alpha value is -3.01. The summed E-state index contributed by atoms with van der Waals surface area (Å²) in [6, 6.07) is 3.72. The number of carbonyl (C=O) groups is 1. The summed E-state index contributed by atoms with van der Waals surface area (Å²) >= 11 is 12.1. The van der Waals surface area contributed by atoms with E-state index < -0.39 is 39.4 Å². The number of nitriles is 1. The molecule has 0 aliphatic rings. The van der Waals surface area contributed by atoms with Gasteiger partial charge in [0.15, 0.2) is 17.1 Å². The number of hydrogen-bond donors (Lipinski definition) is 1. The molecule has 0 saturated heterocycles. The number of aromatic nitrogens is 2. The van der Waals surface area contributed by atoms with Crippen molar-refractivity contribution in [1.29, 1.82) is 5.26 Å². The Balaban J connectivity index is 2.84. The van der Waals surface area contributed by atoms with E-state index in [1.165, 1.54) is 11.2 Å². The summed E-state index contributed by atoms with van der Waals surface area (Å²) in [4.78, 5) is 17.9. The topological polar surface area (TPSA) is 113 Å². The second-order valence-corrected chi connectivity index (χ2v) is 7.36. The van der Waals surface area contributed by atoms with Gasteiger partial charge in [0.1, 0.15) is 16.8 Å². The number of hydrogen-bond acceptors (Lipinski definition) is 7. The van der Waals surface area contributed by atoms with Crippen molar-refractivity contribution in [3.05, 3.63) is 33.4 Å². The van der Waals surface area contributed by atoms with Gasteiger partial charge in [0.25, 0.3) is 0 Å². The van der Waals surface area contributed by atoms with Crippen molar-refractivity contribution in [2.75, 3.05) is 21.2 Å². The van der Waals surface area contributed by atoms with Crippen molar-refractivity contribution in [3.8, 4) is 17.5 Å². The molecule has 0 fully saturated rings. The fraction of sp³-hybridized carbons (Fsp3) is 0.333. The maximum Gasteiger partial charge on any atom is 0.573 e. The lowest BCUT2D eigenvalue weighted by molar-refractivity contribution is -0.274. The van der Waals surface area contributed by atoms with Gasteiger partial charge in [-0.25, -0.2) is 14.5 Å². The second-order valence-electron chi connectivity index (χ2n) is 6.60. The van der Waals surface area contributed by atoms with Gasteiger partial charge in [-0.15, -0.1) is 13.2 Å². The molecule has 2 aromatic rings. The van der Waals surface area contributed by atoms with Crippen molar-refractivity contribution in [2.45, 2.75) is 18.9 Å². The van der Waals surface area contributed by atoms with Gasteiger partial charge < -0.3 is 19.5 Å². The standard InChI is InChI=1S/C18H16Cl2F3N5O4/c1-17(30,16(29)31-4)12-9(7-24)26-28(15(12)25-8-27(2)3)10-5-6-11(14(20)13(10)19)32-18(21,22)23/h5-6,8,30H,1-4H3/b25-8+. The second kappa shape index (κ2) is 9.23. The van der Waals surface area contributed by atoms with E-state index in [2.05, 4.69) is 19.6 Å². The summed E-state index contributed by atoms with van der Waals surface area (Å²) in [5.74, 6) is -2.08. The van der Waals surface area contributed by atoms with Crippen molar-refractivity contribution in [2.24, 2.45) is 4.99 Å². The van der Waals surface area contributed by atoms with Crippen LogP contribution in [0.15, 0.2) is 17.1 Å². The summed E-state index contributed by atoms with van der Waals surface area (Å²) in [7, 11) is 4.29. The first-order valence-corrected chi connectivity index (χ1v) is 9.29. The fourth-order valence-corrected chi connectivity index (χ4v) is 3.02. The highest BCUT2D eigenvalue weighted by Gasteiger charge is 2.42. The zero-order valence-corrected chi connectivity index (χ0v) is 18.5. The molecule has 32 heavy (non-hydrogen) atoms. The van der Waals surface area contributed by atoms with Crippen LogP contribution < -0.4 is 4.74 Å². The van der Waals surface area contributed by atoms with Crippen LogP contribution in [-0.4, -0.2) is 59.7 Å². The smallest absolute Gasteiger partial charge is 0.467 e. The van der Waals surface area contributed by atoms with Gasteiger partial charge in [0.05, 0.1) is 29.7 Å². The van der Waals surface area contributed by atoms with Crippen molar-refractivity contribution in [3.63, 3.8) is 0 Å². The normalized spacial score (nSPS) is 13.5. The zero-order chi connectivity index (χ0) is 24.4. The molecule has 1 N–H and O–H groups in total. The molecular formula is C18H16Cl2F3N5O4. The van der Waals surface area contributed by atoms with Crippen LogP contribution in [0.1, 0.15) is 18.2 Å². The first-order valence-electron chi connectivity index (χ1n) is 8.53. The maximum atomic E-state index is 12.6. The quantitative estimate of drug-likeness (QED) is 0.371. The summed E-state index contributed by atoms with van der Waals surface area (Å²) in [5.41, 5.74) is -3.17. The molecule has 14 heteroatoms. The van der Waals surface area contributed by atoms with Gasteiger partial charge in [0, 0.05) is 14.1 Å². The number of rotatable bonds is 6.